The summed E-state index contributed by atoms with van der Waals surface area (Å²) in [6, 6.07) is 13.7. The number of aromatic nitrogens is 2. The van der Waals surface area contributed by atoms with Crippen LogP contribution in [-0.2, 0) is 10.5 Å². The molecule has 1 N–H and O–H groups in total. The highest BCUT2D eigenvalue weighted by Gasteiger charge is 2.08. The second-order valence-corrected chi connectivity index (χ2v) is 8.13. The van der Waals surface area contributed by atoms with E-state index >= 15 is 0 Å². The molecule has 0 saturated heterocycles. The van der Waals surface area contributed by atoms with Crippen LogP contribution in [0.4, 0.5) is 0 Å². The van der Waals surface area contributed by atoms with Gasteiger partial charge in [-0.3, -0.25) is 4.79 Å². The minimum absolute atomic E-state index is 0.207. The average molecular weight is 391 g/mol. The number of carbonyl (C=O) groups is 1. The number of hydrazone groups is 1. The topological polar surface area (TPSA) is 80.4 Å². The van der Waals surface area contributed by atoms with Gasteiger partial charge in [0.15, 0.2) is 8.68 Å². The van der Waals surface area contributed by atoms with E-state index < -0.39 is 0 Å². The number of rotatable bonds is 8. The molecule has 6 nitrogen and oxygen atoms in total. The van der Waals surface area contributed by atoms with Gasteiger partial charge >= 0.3 is 0 Å². The van der Waals surface area contributed by atoms with Crippen LogP contribution in [0, 0.1) is 0 Å². The molecule has 9 heteroatoms. The average Bonchev–Trinajstić information content (AvgIpc) is 3.31. The third-order valence-electron chi connectivity index (χ3n) is 2.84. The number of benzene rings is 1. The van der Waals surface area contributed by atoms with Crippen molar-refractivity contribution in [1.82, 2.24) is 15.6 Å². The number of thioether (sulfide) groups is 2. The molecule has 128 valence electrons. The van der Waals surface area contributed by atoms with Crippen molar-refractivity contribution in [3.63, 3.8) is 0 Å². The molecule has 0 radical (unpaired) electrons. The van der Waals surface area contributed by atoms with Crippen LogP contribution in [0.5, 0.6) is 0 Å². The van der Waals surface area contributed by atoms with Gasteiger partial charge in [0.1, 0.15) is 5.76 Å². The van der Waals surface area contributed by atoms with Crippen LogP contribution in [-0.4, -0.2) is 28.1 Å². The van der Waals surface area contributed by atoms with E-state index in [2.05, 4.69) is 32.9 Å². The lowest BCUT2D eigenvalue weighted by Gasteiger charge is -1.97. The van der Waals surface area contributed by atoms with Gasteiger partial charge in [-0.2, -0.15) is 5.10 Å². The van der Waals surface area contributed by atoms with E-state index in [9.17, 15) is 4.79 Å². The van der Waals surface area contributed by atoms with Gasteiger partial charge in [-0.25, -0.2) is 5.43 Å². The minimum Gasteiger partial charge on any atom is -0.463 e. The molecule has 0 aliphatic rings. The van der Waals surface area contributed by atoms with Gasteiger partial charge < -0.3 is 4.42 Å². The summed E-state index contributed by atoms with van der Waals surface area (Å²) in [6.07, 6.45) is 2.99. The van der Waals surface area contributed by atoms with Gasteiger partial charge in [-0.05, 0) is 17.7 Å². The summed E-state index contributed by atoms with van der Waals surface area (Å²) in [7, 11) is 0. The van der Waals surface area contributed by atoms with Crippen LogP contribution in [0.1, 0.15) is 11.3 Å². The predicted octanol–water partition coefficient (Wildman–Crippen LogP) is 3.67. The first-order valence-corrected chi connectivity index (χ1v) is 10.1. The Hall–Kier alpha value is -2.10. The molecular formula is C16H14N4O2S3. The van der Waals surface area contributed by atoms with Crippen LogP contribution >= 0.6 is 34.9 Å². The third-order valence-corrected chi connectivity index (χ3v) is 6.11. The van der Waals surface area contributed by atoms with E-state index in [0.717, 1.165) is 14.4 Å². The van der Waals surface area contributed by atoms with E-state index in [-0.39, 0.29) is 11.7 Å². The van der Waals surface area contributed by atoms with Crippen molar-refractivity contribution in [3.05, 3.63) is 60.1 Å². The zero-order chi connectivity index (χ0) is 17.3. The van der Waals surface area contributed by atoms with E-state index in [0.29, 0.717) is 5.76 Å². The molecule has 25 heavy (non-hydrogen) atoms. The first kappa shape index (κ1) is 17.7. The SMILES string of the molecule is O=C(CSc1nnc(SCc2ccccc2)s1)N/N=C\c1ccco1. The zero-order valence-corrected chi connectivity index (χ0v) is 15.4. The van der Waals surface area contributed by atoms with Crippen LogP contribution in [0.2, 0.25) is 0 Å². The molecule has 2 heterocycles. The van der Waals surface area contributed by atoms with Crippen molar-refractivity contribution in [2.24, 2.45) is 5.10 Å². The quantitative estimate of drug-likeness (QED) is 0.359. The normalized spacial score (nSPS) is 11.0. The highest BCUT2D eigenvalue weighted by Crippen LogP contribution is 2.30. The number of carbonyl (C=O) groups excluding carboxylic acids is 1. The van der Waals surface area contributed by atoms with Crippen LogP contribution < -0.4 is 5.43 Å². The van der Waals surface area contributed by atoms with Crippen molar-refractivity contribution in [2.45, 2.75) is 14.4 Å². The molecule has 0 spiro atoms. The largest absolute Gasteiger partial charge is 0.463 e. The standard InChI is InChI=1S/C16H14N4O2S3/c21-14(18-17-9-13-7-4-8-22-13)11-24-16-20-19-15(25-16)23-10-12-5-2-1-3-6-12/h1-9H,10-11H2,(H,18,21)/b17-9-. The Morgan fingerprint density at radius 1 is 1.16 bits per heavy atom. The maximum Gasteiger partial charge on any atom is 0.250 e. The number of hydrogen-bond donors (Lipinski definition) is 1. The summed E-state index contributed by atoms with van der Waals surface area (Å²) in [5.41, 5.74) is 3.69. The summed E-state index contributed by atoms with van der Waals surface area (Å²) in [6.45, 7) is 0. The molecule has 0 fully saturated rings. The molecule has 3 aromatic rings. The maximum atomic E-state index is 11.7. The van der Waals surface area contributed by atoms with Crippen LogP contribution in [0.25, 0.3) is 0 Å². The fraction of sp³-hybridized carbons (Fsp3) is 0.125. The van der Waals surface area contributed by atoms with Crippen molar-refractivity contribution < 1.29 is 9.21 Å². The Morgan fingerprint density at radius 3 is 2.72 bits per heavy atom. The monoisotopic (exact) mass is 390 g/mol. The molecule has 0 atom stereocenters. The number of nitrogens with zero attached hydrogens (tertiary/aromatic N) is 3. The highest BCUT2D eigenvalue weighted by molar-refractivity contribution is 8.03. The molecule has 0 aliphatic carbocycles. The first-order valence-electron chi connectivity index (χ1n) is 7.28. The summed E-state index contributed by atoms with van der Waals surface area (Å²) < 4.78 is 6.73. The molecule has 0 aliphatic heterocycles. The first-order chi connectivity index (χ1) is 12.3. The Labute approximate surface area is 157 Å². The molecule has 0 unspecified atom stereocenters. The fourth-order valence-electron chi connectivity index (χ4n) is 1.73. The molecular weight excluding hydrogens is 376 g/mol. The summed E-state index contributed by atoms with van der Waals surface area (Å²) in [5.74, 6) is 1.45. The van der Waals surface area contributed by atoms with Crippen LogP contribution in [0.15, 0.2) is 66.9 Å². The smallest absolute Gasteiger partial charge is 0.250 e. The second kappa shape index (κ2) is 9.40. The Bertz CT molecular complexity index is 819. The van der Waals surface area contributed by atoms with Crippen molar-refractivity contribution >= 4 is 47.0 Å². The van der Waals surface area contributed by atoms with Crippen LogP contribution in [0.3, 0.4) is 0 Å². The van der Waals surface area contributed by atoms with Gasteiger partial charge in [0.05, 0.1) is 18.2 Å². The van der Waals surface area contributed by atoms with Gasteiger partial charge in [-0.1, -0.05) is 65.2 Å². The zero-order valence-electron chi connectivity index (χ0n) is 13.0. The summed E-state index contributed by atoms with van der Waals surface area (Å²) >= 11 is 4.47. The van der Waals surface area contributed by atoms with Gasteiger partial charge in [0, 0.05) is 5.75 Å². The molecule has 0 saturated carbocycles. The number of hydrogen-bond acceptors (Lipinski definition) is 8. The maximum absolute atomic E-state index is 11.7. The molecule has 2 aromatic heterocycles. The van der Waals surface area contributed by atoms with Crippen molar-refractivity contribution in [2.75, 3.05) is 5.75 Å². The lowest BCUT2D eigenvalue weighted by atomic mass is 10.2. The number of amides is 1. The molecule has 3 rings (SSSR count). The van der Waals surface area contributed by atoms with E-state index in [4.69, 9.17) is 4.42 Å². The van der Waals surface area contributed by atoms with E-state index in [1.54, 1.807) is 30.2 Å². The van der Waals surface area contributed by atoms with Gasteiger partial charge in [0.2, 0.25) is 0 Å². The minimum atomic E-state index is -0.207. The predicted molar refractivity (Wildman–Crippen MR) is 101 cm³/mol. The number of furan rings is 1. The lowest BCUT2D eigenvalue weighted by molar-refractivity contribution is -0.118. The lowest BCUT2D eigenvalue weighted by Crippen LogP contribution is -2.19. The summed E-state index contributed by atoms with van der Waals surface area (Å²) in [4.78, 5) is 11.7. The van der Waals surface area contributed by atoms with Crippen molar-refractivity contribution in [3.8, 4) is 0 Å². The Balaban J connectivity index is 1.40. The molecule has 0 bridgehead atoms. The van der Waals surface area contributed by atoms with Crippen molar-refractivity contribution in [1.29, 1.82) is 0 Å². The number of nitrogens with one attached hydrogen (secondary N) is 1. The Morgan fingerprint density at radius 2 is 1.96 bits per heavy atom. The fourth-order valence-corrected chi connectivity index (χ4v) is 4.49. The summed E-state index contributed by atoms with van der Waals surface area (Å²) in [5, 5.41) is 12.1. The molecule has 1 aromatic carbocycles. The highest BCUT2D eigenvalue weighted by atomic mass is 32.2. The van der Waals surface area contributed by atoms with E-state index in [1.165, 1.54) is 34.9 Å². The second-order valence-electron chi connectivity index (χ2n) is 4.71. The Kier molecular flexibility index (Phi) is 6.66. The molecule has 1 amide bonds. The van der Waals surface area contributed by atoms with Gasteiger partial charge in [-0.15, -0.1) is 10.2 Å². The third kappa shape index (κ3) is 6.04. The van der Waals surface area contributed by atoms with E-state index in [1.807, 2.05) is 18.2 Å². The van der Waals surface area contributed by atoms with Gasteiger partial charge in [0.25, 0.3) is 5.91 Å².